The van der Waals surface area contributed by atoms with Gasteiger partial charge < -0.3 is 10.1 Å². The average Bonchev–Trinajstić information content (AvgIpc) is 2.45. The zero-order valence-corrected chi connectivity index (χ0v) is 13.5. The molecule has 0 aliphatic carbocycles. The summed E-state index contributed by atoms with van der Waals surface area (Å²) in [5, 5.41) is 3.43. The van der Waals surface area contributed by atoms with E-state index in [2.05, 4.69) is 55.3 Å². The summed E-state index contributed by atoms with van der Waals surface area (Å²) < 4.78 is 5.18. The molecule has 0 saturated carbocycles. The molecule has 0 heterocycles. The van der Waals surface area contributed by atoms with E-state index in [1.54, 1.807) is 7.11 Å². The molecule has 0 atom stereocenters. The number of benzene rings is 1. The van der Waals surface area contributed by atoms with Crippen LogP contribution in [-0.2, 0) is 17.8 Å². The predicted molar refractivity (Wildman–Crippen MR) is 85.9 cm³/mol. The first-order chi connectivity index (χ1) is 9.67. The largest absolute Gasteiger partial charge is 0.383 e. The summed E-state index contributed by atoms with van der Waals surface area (Å²) >= 11 is 0. The molecule has 0 aliphatic rings. The third-order valence-electron chi connectivity index (χ3n) is 3.48. The van der Waals surface area contributed by atoms with Crippen LogP contribution in [0.1, 0.15) is 38.3 Å². The van der Waals surface area contributed by atoms with Crippen LogP contribution in [0, 0.1) is 0 Å². The lowest BCUT2D eigenvalue weighted by Gasteiger charge is -2.26. The summed E-state index contributed by atoms with van der Waals surface area (Å²) in [6, 6.07) is 9.48. The number of rotatable bonds is 10. The van der Waals surface area contributed by atoms with Gasteiger partial charge in [-0.25, -0.2) is 0 Å². The molecule has 3 heteroatoms. The van der Waals surface area contributed by atoms with Gasteiger partial charge in [0.1, 0.15) is 0 Å². The summed E-state index contributed by atoms with van der Waals surface area (Å²) in [5.41, 5.74) is 2.73. The molecule has 1 aromatic carbocycles. The van der Waals surface area contributed by atoms with E-state index in [9.17, 15) is 0 Å². The number of ether oxygens (including phenoxy) is 1. The highest BCUT2D eigenvalue weighted by molar-refractivity contribution is 5.22. The van der Waals surface area contributed by atoms with Crippen LogP contribution in [0.4, 0.5) is 0 Å². The van der Waals surface area contributed by atoms with Gasteiger partial charge in [-0.1, -0.05) is 31.2 Å². The lowest BCUT2D eigenvalue weighted by Crippen LogP contribution is -2.33. The second kappa shape index (κ2) is 9.92. The summed E-state index contributed by atoms with van der Waals surface area (Å²) in [6.45, 7) is 11.5. The number of hydrogen-bond donors (Lipinski definition) is 1. The van der Waals surface area contributed by atoms with E-state index >= 15 is 0 Å². The normalized spacial score (nSPS) is 11.5. The van der Waals surface area contributed by atoms with Crippen molar-refractivity contribution in [2.24, 2.45) is 0 Å². The molecule has 0 fully saturated rings. The van der Waals surface area contributed by atoms with Crippen LogP contribution in [-0.4, -0.2) is 37.7 Å². The maximum Gasteiger partial charge on any atom is 0.0589 e. The van der Waals surface area contributed by atoms with Crippen LogP contribution in [0.3, 0.4) is 0 Å². The Bertz CT molecular complexity index is 349. The van der Waals surface area contributed by atoms with Crippen molar-refractivity contribution in [2.75, 3.05) is 26.8 Å². The molecule has 0 spiro atoms. The van der Waals surface area contributed by atoms with Gasteiger partial charge in [0.2, 0.25) is 0 Å². The van der Waals surface area contributed by atoms with Gasteiger partial charge in [-0.3, -0.25) is 4.90 Å². The van der Waals surface area contributed by atoms with Gasteiger partial charge in [-0.2, -0.15) is 0 Å². The van der Waals surface area contributed by atoms with Crippen LogP contribution in [0.2, 0.25) is 0 Å². The first-order valence-electron chi connectivity index (χ1n) is 7.68. The highest BCUT2D eigenvalue weighted by Gasteiger charge is 2.09. The van der Waals surface area contributed by atoms with Gasteiger partial charge in [-0.15, -0.1) is 0 Å². The molecular formula is C17H30N2O. The highest BCUT2D eigenvalue weighted by Crippen LogP contribution is 2.10. The average molecular weight is 278 g/mol. The molecule has 0 saturated heterocycles. The molecular weight excluding hydrogens is 248 g/mol. The van der Waals surface area contributed by atoms with Crippen molar-refractivity contribution >= 4 is 0 Å². The van der Waals surface area contributed by atoms with Gasteiger partial charge in [0.15, 0.2) is 0 Å². The number of nitrogens with zero attached hydrogens (tertiary/aromatic N) is 1. The first kappa shape index (κ1) is 17.2. The van der Waals surface area contributed by atoms with E-state index in [1.807, 2.05) is 0 Å². The molecule has 0 amide bonds. The van der Waals surface area contributed by atoms with Crippen molar-refractivity contribution in [3.05, 3.63) is 35.4 Å². The Morgan fingerprint density at radius 1 is 1.15 bits per heavy atom. The van der Waals surface area contributed by atoms with Gasteiger partial charge >= 0.3 is 0 Å². The fourth-order valence-corrected chi connectivity index (χ4v) is 2.13. The maximum absolute atomic E-state index is 5.18. The molecule has 3 nitrogen and oxygen atoms in total. The van der Waals surface area contributed by atoms with Gasteiger partial charge in [0.25, 0.3) is 0 Å². The zero-order chi connectivity index (χ0) is 14.8. The quantitative estimate of drug-likeness (QED) is 0.666. The Labute approximate surface area is 124 Å². The predicted octanol–water partition coefficient (Wildman–Crippen LogP) is 3.04. The molecule has 1 rings (SSSR count). The van der Waals surface area contributed by atoms with E-state index in [0.717, 1.165) is 32.8 Å². The summed E-state index contributed by atoms with van der Waals surface area (Å²) in [7, 11) is 1.76. The highest BCUT2D eigenvalue weighted by atomic mass is 16.5. The summed E-state index contributed by atoms with van der Waals surface area (Å²) in [6.07, 6.45) is 1.18. The topological polar surface area (TPSA) is 24.5 Å². The Morgan fingerprint density at radius 2 is 1.80 bits per heavy atom. The van der Waals surface area contributed by atoms with Crippen LogP contribution >= 0.6 is 0 Å². The molecule has 0 unspecified atom stereocenters. The van der Waals surface area contributed by atoms with E-state index < -0.39 is 0 Å². The van der Waals surface area contributed by atoms with Crippen molar-refractivity contribution in [1.82, 2.24) is 10.2 Å². The van der Waals surface area contributed by atoms with Crippen LogP contribution in [0.25, 0.3) is 0 Å². The SMILES string of the molecule is CCCNCc1ccc(CN(CCOC)C(C)C)cc1. The Kier molecular flexibility index (Phi) is 8.51. The van der Waals surface area contributed by atoms with Crippen molar-refractivity contribution in [1.29, 1.82) is 0 Å². The van der Waals surface area contributed by atoms with Crippen LogP contribution in [0.15, 0.2) is 24.3 Å². The lowest BCUT2D eigenvalue weighted by molar-refractivity contribution is 0.125. The van der Waals surface area contributed by atoms with Crippen LogP contribution < -0.4 is 5.32 Å². The molecule has 1 aromatic rings. The van der Waals surface area contributed by atoms with Gasteiger partial charge in [-0.05, 0) is 37.9 Å². The van der Waals surface area contributed by atoms with E-state index in [4.69, 9.17) is 4.74 Å². The minimum atomic E-state index is 0.538. The molecule has 0 bridgehead atoms. The lowest BCUT2D eigenvalue weighted by atomic mass is 10.1. The van der Waals surface area contributed by atoms with Crippen LogP contribution in [0.5, 0.6) is 0 Å². The summed E-state index contributed by atoms with van der Waals surface area (Å²) in [4.78, 5) is 2.44. The standard InChI is InChI=1S/C17H30N2O/c1-5-10-18-13-16-6-8-17(9-7-16)14-19(15(2)3)11-12-20-4/h6-9,15,18H,5,10-14H2,1-4H3. The third-order valence-corrected chi connectivity index (χ3v) is 3.48. The Balaban J connectivity index is 2.49. The third kappa shape index (κ3) is 6.51. The van der Waals surface area contributed by atoms with Crippen molar-refractivity contribution in [3.8, 4) is 0 Å². The number of hydrogen-bond acceptors (Lipinski definition) is 3. The monoisotopic (exact) mass is 278 g/mol. The zero-order valence-electron chi connectivity index (χ0n) is 13.5. The van der Waals surface area contributed by atoms with Crippen molar-refractivity contribution in [3.63, 3.8) is 0 Å². The van der Waals surface area contributed by atoms with E-state index in [0.29, 0.717) is 6.04 Å². The smallest absolute Gasteiger partial charge is 0.0589 e. The second-order valence-corrected chi connectivity index (χ2v) is 5.55. The number of methoxy groups -OCH3 is 1. The fourth-order valence-electron chi connectivity index (χ4n) is 2.13. The fraction of sp³-hybridized carbons (Fsp3) is 0.647. The second-order valence-electron chi connectivity index (χ2n) is 5.55. The molecule has 0 aliphatic heterocycles. The minimum absolute atomic E-state index is 0.538. The molecule has 0 aromatic heterocycles. The first-order valence-corrected chi connectivity index (χ1v) is 7.68. The maximum atomic E-state index is 5.18. The minimum Gasteiger partial charge on any atom is -0.383 e. The Morgan fingerprint density at radius 3 is 2.35 bits per heavy atom. The molecule has 20 heavy (non-hydrogen) atoms. The van der Waals surface area contributed by atoms with Crippen molar-refractivity contribution < 1.29 is 4.74 Å². The molecule has 114 valence electrons. The molecule has 1 N–H and O–H groups in total. The van der Waals surface area contributed by atoms with Gasteiger partial charge in [0, 0.05) is 32.8 Å². The Hall–Kier alpha value is -0.900. The van der Waals surface area contributed by atoms with E-state index in [-0.39, 0.29) is 0 Å². The van der Waals surface area contributed by atoms with Crippen molar-refractivity contribution in [2.45, 2.75) is 46.3 Å². The summed E-state index contributed by atoms with van der Waals surface area (Å²) in [5.74, 6) is 0. The molecule has 0 radical (unpaired) electrons. The number of nitrogens with one attached hydrogen (secondary N) is 1. The van der Waals surface area contributed by atoms with E-state index in [1.165, 1.54) is 17.5 Å². The van der Waals surface area contributed by atoms with Gasteiger partial charge in [0.05, 0.1) is 6.61 Å².